The lowest BCUT2D eigenvalue weighted by Crippen LogP contribution is -2.23. The van der Waals surface area contributed by atoms with Gasteiger partial charge in [0.05, 0.1) is 19.3 Å². The number of hydrogen-bond donors (Lipinski definition) is 1. The van der Waals surface area contributed by atoms with E-state index in [0.717, 1.165) is 31.1 Å². The Hall–Kier alpha value is -1.37. The van der Waals surface area contributed by atoms with E-state index >= 15 is 0 Å². The molecule has 1 N–H and O–H groups in total. The molecule has 0 unspecified atom stereocenters. The van der Waals surface area contributed by atoms with E-state index in [0.29, 0.717) is 15.6 Å². The van der Waals surface area contributed by atoms with Gasteiger partial charge in [0.2, 0.25) is 4.77 Å². The first kappa shape index (κ1) is 14.6. The summed E-state index contributed by atoms with van der Waals surface area (Å²) < 4.78 is 7.79. The van der Waals surface area contributed by atoms with Crippen LogP contribution in [0, 0.1) is 4.77 Å². The predicted octanol–water partition coefficient (Wildman–Crippen LogP) is 3.32. The Morgan fingerprint density at radius 1 is 1.38 bits per heavy atom. The molecule has 0 aliphatic carbocycles. The van der Waals surface area contributed by atoms with Crippen molar-refractivity contribution < 1.29 is 4.74 Å². The van der Waals surface area contributed by atoms with Gasteiger partial charge in [-0.15, -0.1) is 0 Å². The number of likely N-dealkylation sites (tertiary alicyclic amines) is 1. The Labute approximate surface area is 133 Å². The number of halogens is 1. The quantitative estimate of drug-likeness (QED) is 0.876. The van der Waals surface area contributed by atoms with Crippen LogP contribution in [0.25, 0.3) is 11.4 Å². The van der Waals surface area contributed by atoms with Crippen molar-refractivity contribution in [3.8, 4) is 17.1 Å². The lowest BCUT2D eigenvalue weighted by molar-refractivity contribution is 0.253. The lowest BCUT2D eigenvalue weighted by Gasteiger charge is -2.14. The predicted molar refractivity (Wildman–Crippen MR) is 85.2 cm³/mol. The molecule has 2 heterocycles. The molecule has 1 aliphatic rings. The van der Waals surface area contributed by atoms with Gasteiger partial charge < -0.3 is 4.74 Å². The molecule has 21 heavy (non-hydrogen) atoms. The van der Waals surface area contributed by atoms with E-state index in [4.69, 9.17) is 28.6 Å². The van der Waals surface area contributed by atoms with Gasteiger partial charge in [-0.25, -0.2) is 4.68 Å². The number of aromatic nitrogens is 3. The summed E-state index contributed by atoms with van der Waals surface area (Å²) in [6, 6.07) is 5.45. The van der Waals surface area contributed by atoms with Crippen molar-refractivity contribution in [2.75, 3.05) is 20.2 Å². The Balaban J connectivity index is 1.93. The van der Waals surface area contributed by atoms with Crippen LogP contribution in [0.15, 0.2) is 18.2 Å². The van der Waals surface area contributed by atoms with Gasteiger partial charge in [0.25, 0.3) is 0 Å². The molecule has 1 saturated heterocycles. The maximum absolute atomic E-state index is 6.07. The number of hydrogen-bond acceptors (Lipinski definition) is 4. The summed E-state index contributed by atoms with van der Waals surface area (Å²) in [6.45, 7) is 2.96. The largest absolute Gasteiger partial charge is 0.496 e. The van der Waals surface area contributed by atoms with Crippen LogP contribution in [-0.4, -0.2) is 39.9 Å². The van der Waals surface area contributed by atoms with Crippen LogP contribution in [0.5, 0.6) is 5.75 Å². The summed E-state index contributed by atoms with van der Waals surface area (Å²) in [4.78, 5) is 6.78. The summed E-state index contributed by atoms with van der Waals surface area (Å²) >= 11 is 11.4. The Bertz CT molecular complexity index is 691. The van der Waals surface area contributed by atoms with Gasteiger partial charge in [0.1, 0.15) is 5.75 Å². The number of methoxy groups -OCH3 is 1. The minimum atomic E-state index is 0.541. The SMILES string of the molecule is COc1ccc(Cl)cc1-c1nc(=S)n(CN2CCCC2)[nH]1. The summed E-state index contributed by atoms with van der Waals surface area (Å²) in [5.74, 6) is 1.40. The zero-order valence-corrected chi connectivity index (χ0v) is 13.4. The number of rotatable bonds is 4. The van der Waals surface area contributed by atoms with Gasteiger partial charge in [0, 0.05) is 5.02 Å². The van der Waals surface area contributed by atoms with Crippen LogP contribution in [0.4, 0.5) is 0 Å². The van der Waals surface area contributed by atoms with Crippen LogP contribution < -0.4 is 4.74 Å². The van der Waals surface area contributed by atoms with Gasteiger partial charge in [-0.1, -0.05) is 11.6 Å². The third kappa shape index (κ3) is 3.12. The topological polar surface area (TPSA) is 46.1 Å². The summed E-state index contributed by atoms with van der Waals surface area (Å²) in [7, 11) is 1.63. The second-order valence-corrected chi connectivity index (χ2v) is 5.90. The van der Waals surface area contributed by atoms with Crippen LogP contribution in [0.1, 0.15) is 12.8 Å². The first-order chi connectivity index (χ1) is 10.2. The maximum Gasteiger partial charge on any atom is 0.217 e. The zero-order chi connectivity index (χ0) is 14.8. The van der Waals surface area contributed by atoms with E-state index in [1.165, 1.54) is 12.8 Å². The minimum absolute atomic E-state index is 0.541. The van der Waals surface area contributed by atoms with Gasteiger partial charge in [0.15, 0.2) is 5.82 Å². The molecular formula is C14H17ClN4OS. The molecule has 0 bridgehead atoms. The molecular weight excluding hydrogens is 308 g/mol. The average Bonchev–Trinajstić information content (AvgIpc) is 3.10. The third-order valence-electron chi connectivity index (χ3n) is 3.64. The van der Waals surface area contributed by atoms with E-state index in [1.54, 1.807) is 13.2 Å². The molecule has 1 aromatic carbocycles. The second-order valence-electron chi connectivity index (χ2n) is 5.09. The molecule has 1 fully saturated rings. The van der Waals surface area contributed by atoms with E-state index in [-0.39, 0.29) is 0 Å². The van der Waals surface area contributed by atoms with E-state index in [2.05, 4.69) is 15.0 Å². The van der Waals surface area contributed by atoms with E-state index < -0.39 is 0 Å². The fourth-order valence-corrected chi connectivity index (χ4v) is 2.93. The first-order valence-electron chi connectivity index (χ1n) is 6.90. The van der Waals surface area contributed by atoms with Crippen molar-refractivity contribution >= 4 is 23.8 Å². The minimum Gasteiger partial charge on any atom is -0.496 e. The third-order valence-corrected chi connectivity index (χ3v) is 4.18. The maximum atomic E-state index is 6.07. The van der Waals surface area contributed by atoms with Crippen molar-refractivity contribution in [2.45, 2.75) is 19.5 Å². The number of benzene rings is 1. The Morgan fingerprint density at radius 3 is 2.86 bits per heavy atom. The molecule has 1 aliphatic heterocycles. The zero-order valence-electron chi connectivity index (χ0n) is 11.8. The van der Waals surface area contributed by atoms with Gasteiger partial charge >= 0.3 is 0 Å². The van der Waals surface area contributed by atoms with Crippen LogP contribution in [-0.2, 0) is 6.67 Å². The molecule has 0 atom stereocenters. The number of nitrogens with zero attached hydrogens (tertiary/aromatic N) is 3. The van der Waals surface area contributed by atoms with Crippen molar-refractivity contribution in [1.29, 1.82) is 0 Å². The molecule has 0 spiro atoms. The first-order valence-corrected chi connectivity index (χ1v) is 7.69. The van der Waals surface area contributed by atoms with Crippen molar-refractivity contribution in [2.24, 2.45) is 0 Å². The number of ether oxygens (including phenoxy) is 1. The molecule has 0 saturated carbocycles. The fourth-order valence-electron chi connectivity index (χ4n) is 2.56. The van der Waals surface area contributed by atoms with Crippen molar-refractivity contribution in [3.63, 3.8) is 0 Å². The normalized spacial score (nSPS) is 15.5. The second kappa shape index (κ2) is 6.17. The van der Waals surface area contributed by atoms with Gasteiger partial charge in [-0.2, -0.15) is 4.98 Å². The highest BCUT2D eigenvalue weighted by atomic mass is 35.5. The molecule has 0 radical (unpaired) electrons. The number of nitrogens with one attached hydrogen (secondary N) is 1. The fraction of sp³-hybridized carbons (Fsp3) is 0.429. The van der Waals surface area contributed by atoms with E-state index in [1.807, 2.05) is 16.8 Å². The van der Waals surface area contributed by atoms with Crippen LogP contribution in [0.3, 0.4) is 0 Å². The highest BCUT2D eigenvalue weighted by Crippen LogP contribution is 2.30. The molecule has 2 aromatic rings. The summed E-state index contributed by atoms with van der Waals surface area (Å²) in [5.41, 5.74) is 0.816. The molecule has 3 rings (SSSR count). The monoisotopic (exact) mass is 324 g/mol. The Morgan fingerprint density at radius 2 is 2.14 bits per heavy atom. The van der Waals surface area contributed by atoms with Crippen molar-refractivity contribution in [1.82, 2.24) is 19.7 Å². The Kier molecular flexibility index (Phi) is 4.28. The number of H-pyrrole nitrogens is 1. The summed E-state index contributed by atoms with van der Waals surface area (Å²) in [6.07, 6.45) is 2.49. The van der Waals surface area contributed by atoms with E-state index in [9.17, 15) is 0 Å². The molecule has 0 amide bonds. The highest BCUT2D eigenvalue weighted by molar-refractivity contribution is 7.71. The molecule has 7 heteroatoms. The molecule has 112 valence electrons. The highest BCUT2D eigenvalue weighted by Gasteiger charge is 2.15. The van der Waals surface area contributed by atoms with Gasteiger partial charge in [-0.3, -0.25) is 10.00 Å². The molecule has 1 aromatic heterocycles. The average molecular weight is 325 g/mol. The summed E-state index contributed by atoms with van der Waals surface area (Å²) in [5, 5.41) is 3.89. The lowest BCUT2D eigenvalue weighted by atomic mass is 10.2. The molecule has 5 nitrogen and oxygen atoms in total. The van der Waals surface area contributed by atoms with Crippen LogP contribution in [0.2, 0.25) is 5.02 Å². The van der Waals surface area contributed by atoms with Gasteiger partial charge in [-0.05, 0) is 56.3 Å². The van der Waals surface area contributed by atoms with Crippen LogP contribution >= 0.6 is 23.8 Å². The standard InChI is InChI=1S/C14H17ClN4OS/c1-20-12-5-4-10(15)8-11(12)13-16-14(21)19(17-13)9-18-6-2-3-7-18/h4-5,8H,2-3,6-7,9H2,1H3,(H,16,17,21). The van der Waals surface area contributed by atoms with Crippen molar-refractivity contribution in [3.05, 3.63) is 28.0 Å². The smallest absolute Gasteiger partial charge is 0.217 e. The number of aromatic amines is 1.